The van der Waals surface area contributed by atoms with Crippen LogP contribution in [-0.4, -0.2) is 80.5 Å². The number of nitrogens with two attached hydrogens (primary N) is 1. The molecule has 2 aliphatic heterocycles. The van der Waals surface area contributed by atoms with Gasteiger partial charge in [-0.25, -0.2) is 9.78 Å². The Kier molecular flexibility index (Phi) is 8.33. The van der Waals surface area contributed by atoms with Crippen molar-refractivity contribution < 1.29 is 33.9 Å². The highest BCUT2D eigenvalue weighted by Gasteiger charge is 2.54. The zero-order chi connectivity index (χ0) is 25.9. The zero-order valence-corrected chi connectivity index (χ0v) is 21.8. The van der Waals surface area contributed by atoms with Crippen molar-refractivity contribution in [2.45, 2.75) is 32.2 Å². The highest BCUT2D eigenvalue weighted by molar-refractivity contribution is 8.00. The van der Waals surface area contributed by atoms with E-state index in [0.717, 1.165) is 11.3 Å². The van der Waals surface area contributed by atoms with Crippen molar-refractivity contribution in [2.75, 3.05) is 30.3 Å². The maximum absolute atomic E-state index is 13.0. The Morgan fingerprint density at radius 2 is 2.09 bits per heavy atom. The summed E-state index contributed by atoms with van der Waals surface area (Å²) in [4.78, 5) is 55.6. The van der Waals surface area contributed by atoms with Crippen LogP contribution in [0.4, 0.5) is 5.13 Å². The fourth-order valence-electron chi connectivity index (χ4n) is 3.20. The van der Waals surface area contributed by atoms with Crippen molar-refractivity contribution in [1.29, 1.82) is 0 Å². The number of nitrogens with zero attached hydrogens (tertiary/aromatic N) is 3. The van der Waals surface area contributed by atoms with Crippen LogP contribution in [0.15, 0.2) is 21.8 Å². The second kappa shape index (κ2) is 10.9. The maximum atomic E-state index is 13.0. The highest BCUT2D eigenvalue weighted by atomic mass is 32.2. The Labute approximate surface area is 213 Å². The molecule has 0 saturated carbocycles. The number of carbonyl (C=O) groups is 4. The van der Waals surface area contributed by atoms with Crippen LogP contribution in [0, 0.1) is 5.41 Å². The number of esters is 2. The number of oxime groups is 1. The van der Waals surface area contributed by atoms with Gasteiger partial charge in [0.05, 0.1) is 5.41 Å². The predicted octanol–water partition coefficient (Wildman–Crippen LogP) is 1.01. The summed E-state index contributed by atoms with van der Waals surface area (Å²) in [5, 5.41) is 15.9. The first-order chi connectivity index (χ1) is 16.5. The lowest BCUT2D eigenvalue weighted by atomic mass is 9.98. The van der Waals surface area contributed by atoms with E-state index in [-0.39, 0.29) is 22.2 Å². The molecule has 0 aliphatic carbocycles. The van der Waals surface area contributed by atoms with Gasteiger partial charge in [-0.15, -0.1) is 23.1 Å². The number of rotatable bonds is 8. The fraction of sp³-hybridized carbons (Fsp3) is 0.500. The van der Waals surface area contributed by atoms with E-state index in [0.29, 0.717) is 17.1 Å². The van der Waals surface area contributed by atoms with Gasteiger partial charge in [-0.2, -0.15) is 11.8 Å². The summed E-state index contributed by atoms with van der Waals surface area (Å²) in [7, 11) is 0. The number of carbonyl (C=O) groups excluding carboxylic acids is 4. The van der Waals surface area contributed by atoms with Gasteiger partial charge in [0, 0.05) is 16.9 Å². The lowest BCUT2D eigenvalue weighted by molar-refractivity contribution is -0.173. The minimum Gasteiger partial charge on any atom is -0.427 e. The number of amides is 2. The molecule has 4 N–H and O–H groups in total. The van der Waals surface area contributed by atoms with Gasteiger partial charge in [-0.05, 0) is 32.6 Å². The number of fused-ring (bicyclic) bond motifs is 1. The molecule has 2 amide bonds. The standard InChI is InChI=1S/C20H25N5O7S3/c1-20(2,3)18(29)32-8-31-17(28)13-9(5-33-4)6-34-16-12(15(27)25(13)16)23-14(26)11(24-30)10-7-35-19(21)22-10/h7,12,16,30H,5-6,8H2,1-4H3,(H2,21,22)(H,23,26)/t12?,16-/m1/s1. The smallest absolute Gasteiger partial charge is 0.357 e. The molecule has 2 atom stereocenters. The molecule has 1 aromatic rings. The fourth-order valence-corrected chi connectivity index (χ4v) is 5.81. The summed E-state index contributed by atoms with van der Waals surface area (Å²) in [5.41, 5.74) is 5.27. The number of anilines is 1. The lowest BCUT2D eigenvalue weighted by Crippen LogP contribution is -2.71. The van der Waals surface area contributed by atoms with Gasteiger partial charge in [0.15, 0.2) is 10.8 Å². The molecule has 190 valence electrons. The summed E-state index contributed by atoms with van der Waals surface area (Å²) in [6.45, 7) is 4.42. The number of nitrogen functional groups attached to an aromatic ring is 1. The van der Waals surface area contributed by atoms with Crippen molar-refractivity contribution in [2.24, 2.45) is 10.6 Å². The monoisotopic (exact) mass is 543 g/mol. The zero-order valence-electron chi connectivity index (χ0n) is 19.4. The molecular formula is C20H25N5O7S3. The third kappa shape index (κ3) is 5.73. The number of hydrogen-bond acceptors (Lipinski definition) is 13. The molecule has 0 spiro atoms. The number of nitrogens with one attached hydrogen (secondary N) is 1. The quantitative estimate of drug-likeness (QED) is 0.107. The normalized spacial score (nSPS) is 20.2. The van der Waals surface area contributed by atoms with Crippen LogP contribution in [0.1, 0.15) is 26.5 Å². The van der Waals surface area contributed by atoms with Crippen molar-refractivity contribution >= 4 is 69.5 Å². The molecule has 0 bridgehead atoms. The number of thioether (sulfide) groups is 2. The number of β-lactam (4-membered cyclic amide) rings is 1. The molecule has 3 rings (SSSR count). The molecule has 1 aromatic heterocycles. The first-order valence-electron chi connectivity index (χ1n) is 10.2. The minimum absolute atomic E-state index is 0.0728. The predicted molar refractivity (Wildman–Crippen MR) is 132 cm³/mol. The lowest BCUT2D eigenvalue weighted by Gasteiger charge is -2.49. The molecule has 3 heterocycles. The van der Waals surface area contributed by atoms with E-state index < -0.39 is 47.4 Å². The summed E-state index contributed by atoms with van der Waals surface area (Å²) in [6, 6.07) is -0.961. The van der Waals surface area contributed by atoms with Gasteiger partial charge >= 0.3 is 11.9 Å². The van der Waals surface area contributed by atoms with Crippen LogP contribution in [0.3, 0.4) is 0 Å². The van der Waals surface area contributed by atoms with Crippen molar-refractivity contribution in [3.05, 3.63) is 22.3 Å². The third-order valence-corrected chi connectivity index (χ3v) is 7.57. The van der Waals surface area contributed by atoms with Crippen LogP contribution < -0.4 is 11.1 Å². The Hall–Kier alpha value is -2.78. The van der Waals surface area contributed by atoms with Gasteiger partial charge in [0.2, 0.25) is 6.79 Å². The molecule has 15 heteroatoms. The summed E-state index contributed by atoms with van der Waals surface area (Å²) >= 11 is 3.92. The first-order valence-corrected chi connectivity index (χ1v) is 13.6. The molecule has 1 fully saturated rings. The molecular weight excluding hydrogens is 518 g/mol. The maximum Gasteiger partial charge on any atom is 0.357 e. The molecule has 0 radical (unpaired) electrons. The third-order valence-electron chi connectivity index (χ3n) is 4.92. The number of hydrogen-bond donors (Lipinski definition) is 3. The molecule has 35 heavy (non-hydrogen) atoms. The average molecular weight is 544 g/mol. The van der Waals surface area contributed by atoms with Gasteiger partial charge in [0.1, 0.15) is 22.8 Å². The molecule has 2 aliphatic rings. The van der Waals surface area contributed by atoms with Gasteiger partial charge in [-0.3, -0.25) is 19.3 Å². The van der Waals surface area contributed by atoms with E-state index in [1.54, 1.807) is 20.8 Å². The van der Waals surface area contributed by atoms with E-state index in [1.807, 2.05) is 6.26 Å². The summed E-state index contributed by atoms with van der Waals surface area (Å²) in [6.07, 6.45) is 1.86. The topological polar surface area (TPSA) is 174 Å². The van der Waals surface area contributed by atoms with Gasteiger partial charge in [0.25, 0.3) is 11.8 Å². The Bertz CT molecular complexity index is 1100. The van der Waals surface area contributed by atoms with E-state index in [9.17, 15) is 24.4 Å². The molecule has 0 aromatic carbocycles. The van der Waals surface area contributed by atoms with Crippen LogP contribution in [-0.2, 0) is 28.7 Å². The SMILES string of the molecule is CSCC1=C(C(=O)OCOC(=O)C(C)(C)C)N2C(=O)C(NC(=O)C(=NO)c3csc(N)n3)[C@H]2SC1. The van der Waals surface area contributed by atoms with E-state index in [1.165, 1.54) is 33.8 Å². The van der Waals surface area contributed by atoms with E-state index in [2.05, 4.69) is 15.5 Å². The van der Waals surface area contributed by atoms with Crippen molar-refractivity contribution in [3.8, 4) is 0 Å². The Morgan fingerprint density at radius 3 is 2.66 bits per heavy atom. The van der Waals surface area contributed by atoms with Crippen LogP contribution in [0.2, 0.25) is 0 Å². The first kappa shape index (κ1) is 26.8. The molecule has 12 nitrogen and oxygen atoms in total. The minimum atomic E-state index is -0.961. The molecule has 1 saturated heterocycles. The number of aromatic nitrogens is 1. The number of ether oxygens (including phenoxy) is 2. The van der Waals surface area contributed by atoms with Gasteiger partial charge < -0.3 is 25.7 Å². The van der Waals surface area contributed by atoms with E-state index >= 15 is 0 Å². The summed E-state index contributed by atoms with van der Waals surface area (Å²) < 4.78 is 10.1. The average Bonchev–Trinajstić information content (AvgIpc) is 3.22. The van der Waals surface area contributed by atoms with Crippen molar-refractivity contribution in [1.82, 2.24) is 15.2 Å². The Morgan fingerprint density at radius 1 is 1.37 bits per heavy atom. The highest BCUT2D eigenvalue weighted by Crippen LogP contribution is 2.41. The number of thiazole rings is 1. The van der Waals surface area contributed by atoms with Gasteiger partial charge in [-0.1, -0.05) is 5.16 Å². The van der Waals surface area contributed by atoms with E-state index in [4.69, 9.17) is 15.2 Å². The van der Waals surface area contributed by atoms with Crippen LogP contribution in [0.5, 0.6) is 0 Å². The van der Waals surface area contributed by atoms with Crippen LogP contribution >= 0.6 is 34.9 Å². The second-order valence-electron chi connectivity index (χ2n) is 8.50. The summed E-state index contributed by atoms with van der Waals surface area (Å²) in [5.74, 6) is -1.76. The van der Waals surface area contributed by atoms with Crippen LogP contribution in [0.25, 0.3) is 0 Å². The Balaban J connectivity index is 1.71. The second-order valence-corrected chi connectivity index (χ2v) is 11.4. The van der Waals surface area contributed by atoms with Crippen molar-refractivity contribution in [3.63, 3.8) is 0 Å². The molecule has 1 unspecified atom stereocenters. The largest absolute Gasteiger partial charge is 0.427 e.